The first-order chi connectivity index (χ1) is 11.9. The van der Waals surface area contributed by atoms with Crippen LogP contribution in [0.3, 0.4) is 0 Å². The van der Waals surface area contributed by atoms with E-state index >= 15 is 0 Å². The van der Waals surface area contributed by atoms with Crippen LogP contribution in [0.5, 0.6) is 17.2 Å². The average molecular weight is 344 g/mol. The second kappa shape index (κ2) is 7.48. The summed E-state index contributed by atoms with van der Waals surface area (Å²) in [6.45, 7) is 0. The van der Waals surface area contributed by atoms with E-state index in [-0.39, 0.29) is 22.4 Å². The maximum absolute atomic E-state index is 12.5. The molecule has 7 heteroatoms. The zero-order chi connectivity index (χ0) is 18.6. The van der Waals surface area contributed by atoms with Gasteiger partial charge in [-0.2, -0.15) is 0 Å². The van der Waals surface area contributed by atoms with Crippen LogP contribution >= 0.6 is 0 Å². The number of Topliss-reactive ketones (excluding diaryl/α,β-unsaturated/α-hetero) is 2. The van der Waals surface area contributed by atoms with Crippen LogP contribution in [0, 0.1) is 0 Å². The van der Waals surface area contributed by atoms with Crippen LogP contribution in [-0.2, 0) is 0 Å². The van der Waals surface area contributed by atoms with Crippen LogP contribution in [0.25, 0.3) is 0 Å². The summed E-state index contributed by atoms with van der Waals surface area (Å²) in [5.41, 5.74) is -0.164. The van der Waals surface area contributed by atoms with Crippen LogP contribution in [-0.4, -0.2) is 44.0 Å². The zero-order valence-corrected chi connectivity index (χ0v) is 13.9. The fourth-order valence-corrected chi connectivity index (χ4v) is 2.17. The number of aromatic carboxylic acids is 1. The number of methoxy groups -OCH3 is 3. The van der Waals surface area contributed by atoms with Gasteiger partial charge in [-0.05, 0) is 30.3 Å². The molecule has 0 amide bonds. The molecule has 2 aromatic carbocycles. The van der Waals surface area contributed by atoms with E-state index in [2.05, 4.69) is 0 Å². The van der Waals surface area contributed by atoms with Crippen molar-refractivity contribution in [2.45, 2.75) is 0 Å². The van der Waals surface area contributed by atoms with Crippen molar-refractivity contribution < 1.29 is 33.7 Å². The van der Waals surface area contributed by atoms with Crippen molar-refractivity contribution in [3.8, 4) is 17.2 Å². The minimum absolute atomic E-state index is 0.0703. The Balaban J connectivity index is 2.45. The van der Waals surface area contributed by atoms with Crippen molar-refractivity contribution in [1.29, 1.82) is 0 Å². The van der Waals surface area contributed by atoms with E-state index in [0.29, 0.717) is 11.5 Å². The largest absolute Gasteiger partial charge is 0.497 e. The van der Waals surface area contributed by atoms with Gasteiger partial charge in [0.05, 0.1) is 26.9 Å². The van der Waals surface area contributed by atoms with E-state index in [9.17, 15) is 14.4 Å². The molecule has 0 spiro atoms. The summed E-state index contributed by atoms with van der Waals surface area (Å²) < 4.78 is 15.1. The fraction of sp³-hybridized carbons (Fsp3) is 0.167. The summed E-state index contributed by atoms with van der Waals surface area (Å²) in [6.07, 6.45) is 0. The van der Waals surface area contributed by atoms with Crippen molar-refractivity contribution in [2.24, 2.45) is 0 Å². The van der Waals surface area contributed by atoms with Gasteiger partial charge in [-0.1, -0.05) is 0 Å². The lowest BCUT2D eigenvalue weighted by atomic mass is 9.99. The molecule has 0 bridgehead atoms. The highest BCUT2D eigenvalue weighted by Crippen LogP contribution is 2.24. The van der Waals surface area contributed by atoms with Gasteiger partial charge in [0.2, 0.25) is 11.6 Å². The lowest BCUT2D eigenvalue weighted by molar-refractivity contribution is 0.0696. The average Bonchev–Trinajstić information content (AvgIpc) is 2.65. The van der Waals surface area contributed by atoms with Gasteiger partial charge in [0.25, 0.3) is 0 Å². The quantitative estimate of drug-likeness (QED) is 0.608. The summed E-state index contributed by atoms with van der Waals surface area (Å²) in [4.78, 5) is 36.2. The van der Waals surface area contributed by atoms with Gasteiger partial charge in [-0.25, -0.2) is 4.79 Å². The zero-order valence-electron chi connectivity index (χ0n) is 13.9. The predicted molar refractivity (Wildman–Crippen MR) is 88.2 cm³/mol. The molecule has 0 unspecified atom stereocenters. The molecular formula is C18H16O7. The molecular weight excluding hydrogens is 328 g/mol. The van der Waals surface area contributed by atoms with Crippen molar-refractivity contribution >= 4 is 17.5 Å². The van der Waals surface area contributed by atoms with Gasteiger partial charge < -0.3 is 19.3 Å². The van der Waals surface area contributed by atoms with Gasteiger partial charge in [-0.3, -0.25) is 9.59 Å². The fourth-order valence-electron chi connectivity index (χ4n) is 2.17. The second-order valence-electron chi connectivity index (χ2n) is 5.01. The Hall–Kier alpha value is -3.35. The highest BCUT2D eigenvalue weighted by molar-refractivity contribution is 6.49. The first kappa shape index (κ1) is 18.0. The van der Waals surface area contributed by atoms with Crippen molar-refractivity contribution in [2.75, 3.05) is 21.3 Å². The summed E-state index contributed by atoms with van der Waals surface area (Å²) in [7, 11) is 4.18. The number of hydrogen-bond donors (Lipinski definition) is 1. The first-order valence-electron chi connectivity index (χ1n) is 7.14. The summed E-state index contributed by atoms with van der Waals surface area (Å²) in [6, 6.07) is 8.07. The Bertz CT molecular complexity index is 817. The monoisotopic (exact) mass is 344 g/mol. The number of benzene rings is 2. The van der Waals surface area contributed by atoms with E-state index in [1.165, 1.54) is 45.6 Å². The van der Waals surface area contributed by atoms with Crippen LogP contribution in [0.4, 0.5) is 0 Å². The molecule has 0 aromatic heterocycles. The smallest absolute Gasteiger partial charge is 0.335 e. The van der Waals surface area contributed by atoms with Gasteiger partial charge >= 0.3 is 5.97 Å². The van der Waals surface area contributed by atoms with Crippen LogP contribution in [0.1, 0.15) is 31.1 Å². The third-order valence-corrected chi connectivity index (χ3v) is 3.47. The standard InChI is InChI=1S/C18H16O7/c1-23-13-5-10(4-12(8-13)18(21)22)16(19)17(20)11-6-14(24-2)9-15(7-11)25-3/h4-9H,1-3H3,(H,21,22). The first-order valence-corrected chi connectivity index (χ1v) is 7.14. The number of carbonyl (C=O) groups is 3. The number of carbonyl (C=O) groups excluding carboxylic acids is 2. The predicted octanol–water partition coefficient (Wildman–Crippen LogP) is 2.48. The van der Waals surface area contributed by atoms with Crippen molar-refractivity contribution in [1.82, 2.24) is 0 Å². The van der Waals surface area contributed by atoms with Crippen molar-refractivity contribution in [3.05, 3.63) is 53.1 Å². The Morgan fingerprint density at radius 2 is 1.00 bits per heavy atom. The molecule has 0 heterocycles. The maximum atomic E-state index is 12.5. The normalized spacial score (nSPS) is 10.0. The van der Waals surface area contributed by atoms with Gasteiger partial charge in [-0.15, -0.1) is 0 Å². The third-order valence-electron chi connectivity index (χ3n) is 3.47. The highest BCUT2D eigenvalue weighted by Gasteiger charge is 2.22. The molecule has 2 rings (SSSR count). The molecule has 0 radical (unpaired) electrons. The van der Waals surface area contributed by atoms with E-state index in [4.69, 9.17) is 19.3 Å². The summed E-state index contributed by atoms with van der Waals surface area (Å²) in [5.74, 6) is -2.04. The second-order valence-corrected chi connectivity index (χ2v) is 5.01. The maximum Gasteiger partial charge on any atom is 0.335 e. The number of carboxylic acid groups (broad SMARTS) is 1. The van der Waals surface area contributed by atoms with Gasteiger partial charge in [0.1, 0.15) is 17.2 Å². The number of ketones is 2. The molecule has 0 aliphatic rings. The van der Waals surface area contributed by atoms with Crippen LogP contribution in [0.15, 0.2) is 36.4 Å². The van der Waals surface area contributed by atoms with Gasteiger partial charge in [0, 0.05) is 17.2 Å². The SMILES string of the molecule is COc1cc(OC)cc(C(=O)C(=O)c2cc(OC)cc(C(=O)O)c2)c1. The third kappa shape index (κ3) is 3.95. The summed E-state index contributed by atoms with van der Waals surface area (Å²) in [5, 5.41) is 9.12. The van der Waals surface area contributed by atoms with Gasteiger partial charge in [0.15, 0.2) is 0 Å². The van der Waals surface area contributed by atoms with E-state index < -0.39 is 17.5 Å². The van der Waals surface area contributed by atoms with Crippen LogP contribution in [0.2, 0.25) is 0 Å². The van der Waals surface area contributed by atoms with E-state index in [1.807, 2.05) is 0 Å². The van der Waals surface area contributed by atoms with Crippen LogP contribution < -0.4 is 14.2 Å². The lowest BCUT2D eigenvalue weighted by Crippen LogP contribution is -2.15. The molecule has 0 aliphatic heterocycles. The number of carboxylic acids is 1. The molecule has 130 valence electrons. The Labute approximate surface area is 143 Å². The van der Waals surface area contributed by atoms with Crippen molar-refractivity contribution in [3.63, 3.8) is 0 Å². The van der Waals surface area contributed by atoms with E-state index in [1.54, 1.807) is 6.07 Å². The molecule has 0 atom stereocenters. The Morgan fingerprint density at radius 1 is 0.640 bits per heavy atom. The molecule has 0 saturated heterocycles. The Morgan fingerprint density at radius 3 is 1.40 bits per heavy atom. The molecule has 0 fully saturated rings. The minimum atomic E-state index is -1.23. The minimum Gasteiger partial charge on any atom is -0.497 e. The topological polar surface area (TPSA) is 99.1 Å². The highest BCUT2D eigenvalue weighted by atomic mass is 16.5. The molecule has 1 N–H and O–H groups in total. The number of ether oxygens (including phenoxy) is 3. The molecule has 0 saturated carbocycles. The molecule has 25 heavy (non-hydrogen) atoms. The Kier molecular flexibility index (Phi) is 5.38. The number of hydrogen-bond acceptors (Lipinski definition) is 6. The summed E-state index contributed by atoms with van der Waals surface area (Å²) >= 11 is 0. The lowest BCUT2D eigenvalue weighted by Gasteiger charge is -2.09. The molecule has 2 aromatic rings. The molecule has 7 nitrogen and oxygen atoms in total. The molecule has 0 aliphatic carbocycles. The van der Waals surface area contributed by atoms with E-state index in [0.717, 1.165) is 6.07 Å². The number of rotatable bonds is 7.